The maximum Gasteiger partial charge on any atom is 0.255 e. The number of rotatable bonds is 8. The van der Waals surface area contributed by atoms with E-state index in [4.69, 9.17) is 4.74 Å². The average Bonchev–Trinajstić information content (AvgIpc) is 2.74. The standard InChI is InChI=1S/C23H25N3O2/c1-3-26(17-18-8-6-5-7-9-18)23(27)19-10-15-22(24-16-19)25-20-11-13-21(14-12-20)28-4-2/h5-16H,3-4,17H2,1-2H3,(H,24,25). The minimum atomic E-state index is -0.0218. The molecule has 28 heavy (non-hydrogen) atoms. The summed E-state index contributed by atoms with van der Waals surface area (Å²) in [6.07, 6.45) is 1.62. The van der Waals surface area contributed by atoms with Gasteiger partial charge in [0.1, 0.15) is 11.6 Å². The van der Waals surface area contributed by atoms with Crippen LogP contribution in [-0.4, -0.2) is 28.9 Å². The zero-order valence-corrected chi connectivity index (χ0v) is 16.3. The fourth-order valence-corrected chi connectivity index (χ4v) is 2.86. The van der Waals surface area contributed by atoms with Gasteiger partial charge in [-0.25, -0.2) is 4.98 Å². The predicted octanol–water partition coefficient (Wildman–Crippen LogP) is 4.89. The van der Waals surface area contributed by atoms with E-state index in [1.165, 1.54) is 0 Å². The highest BCUT2D eigenvalue weighted by Crippen LogP contribution is 2.19. The summed E-state index contributed by atoms with van der Waals surface area (Å²) in [6.45, 7) is 5.81. The van der Waals surface area contributed by atoms with Gasteiger partial charge in [-0.2, -0.15) is 0 Å². The van der Waals surface area contributed by atoms with E-state index in [1.807, 2.05) is 79.4 Å². The highest BCUT2D eigenvalue weighted by atomic mass is 16.5. The number of nitrogens with one attached hydrogen (secondary N) is 1. The lowest BCUT2D eigenvalue weighted by Gasteiger charge is -2.21. The van der Waals surface area contributed by atoms with Crippen molar-refractivity contribution in [1.82, 2.24) is 9.88 Å². The molecule has 1 N–H and O–H groups in total. The Morgan fingerprint density at radius 1 is 1.00 bits per heavy atom. The van der Waals surface area contributed by atoms with Gasteiger partial charge in [-0.15, -0.1) is 0 Å². The number of benzene rings is 2. The zero-order chi connectivity index (χ0) is 19.8. The van der Waals surface area contributed by atoms with E-state index in [2.05, 4.69) is 10.3 Å². The van der Waals surface area contributed by atoms with Crippen LogP contribution in [0, 0.1) is 0 Å². The second-order valence-corrected chi connectivity index (χ2v) is 6.32. The van der Waals surface area contributed by atoms with Crippen LogP contribution < -0.4 is 10.1 Å². The second-order valence-electron chi connectivity index (χ2n) is 6.32. The molecule has 2 aromatic carbocycles. The molecule has 0 atom stereocenters. The molecule has 5 nitrogen and oxygen atoms in total. The minimum Gasteiger partial charge on any atom is -0.494 e. The lowest BCUT2D eigenvalue weighted by atomic mass is 10.2. The van der Waals surface area contributed by atoms with Crippen LogP contribution in [0.1, 0.15) is 29.8 Å². The SMILES string of the molecule is CCOc1ccc(Nc2ccc(C(=O)N(CC)Cc3ccccc3)cn2)cc1. The highest BCUT2D eigenvalue weighted by molar-refractivity contribution is 5.94. The summed E-state index contributed by atoms with van der Waals surface area (Å²) >= 11 is 0. The Bertz CT molecular complexity index is 878. The number of carbonyl (C=O) groups is 1. The average molecular weight is 375 g/mol. The van der Waals surface area contributed by atoms with Crippen LogP contribution in [0.25, 0.3) is 0 Å². The monoisotopic (exact) mass is 375 g/mol. The molecule has 5 heteroatoms. The molecule has 1 aromatic heterocycles. The first kappa shape index (κ1) is 19.4. The smallest absolute Gasteiger partial charge is 0.255 e. The molecule has 0 bridgehead atoms. The van der Waals surface area contributed by atoms with Gasteiger partial charge in [0.2, 0.25) is 0 Å². The molecule has 0 aliphatic rings. The zero-order valence-electron chi connectivity index (χ0n) is 16.3. The van der Waals surface area contributed by atoms with Crippen molar-refractivity contribution in [2.45, 2.75) is 20.4 Å². The third-order valence-corrected chi connectivity index (χ3v) is 4.33. The summed E-state index contributed by atoms with van der Waals surface area (Å²) in [6, 6.07) is 21.3. The number of pyridine rings is 1. The van der Waals surface area contributed by atoms with Gasteiger partial charge in [0.15, 0.2) is 0 Å². The van der Waals surface area contributed by atoms with Gasteiger partial charge in [-0.05, 0) is 55.8 Å². The van der Waals surface area contributed by atoms with E-state index in [1.54, 1.807) is 12.3 Å². The van der Waals surface area contributed by atoms with Gasteiger partial charge in [0, 0.05) is 25.0 Å². The Morgan fingerprint density at radius 3 is 2.36 bits per heavy atom. The van der Waals surface area contributed by atoms with E-state index >= 15 is 0 Å². The topological polar surface area (TPSA) is 54.5 Å². The lowest BCUT2D eigenvalue weighted by molar-refractivity contribution is 0.0752. The van der Waals surface area contributed by atoms with E-state index in [0.29, 0.717) is 31.1 Å². The molecule has 3 rings (SSSR count). The molecule has 0 spiro atoms. The summed E-state index contributed by atoms with van der Waals surface area (Å²) < 4.78 is 5.44. The normalized spacial score (nSPS) is 10.4. The predicted molar refractivity (Wildman–Crippen MR) is 112 cm³/mol. The van der Waals surface area contributed by atoms with Gasteiger partial charge in [-0.3, -0.25) is 4.79 Å². The summed E-state index contributed by atoms with van der Waals surface area (Å²) in [4.78, 5) is 19.0. The number of ether oxygens (including phenoxy) is 1. The number of aromatic nitrogens is 1. The summed E-state index contributed by atoms with van der Waals surface area (Å²) in [5.41, 5.74) is 2.60. The van der Waals surface area contributed by atoms with Crippen molar-refractivity contribution in [2.75, 3.05) is 18.5 Å². The molecule has 0 aliphatic carbocycles. The third kappa shape index (κ3) is 5.10. The van der Waals surface area contributed by atoms with E-state index in [9.17, 15) is 4.79 Å². The molecule has 1 heterocycles. The Balaban J connectivity index is 1.64. The number of hydrogen-bond acceptors (Lipinski definition) is 4. The van der Waals surface area contributed by atoms with Gasteiger partial charge < -0.3 is 15.0 Å². The van der Waals surface area contributed by atoms with Crippen molar-refractivity contribution < 1.29 is 9.53 Å². The Kier molecular flexibility index (Phi) is 6.63. The first-order valence-electron chi connectivity index (χ1n) is 9.48. The Hall–Kier alpha value is -3.34. The third-order valence-electron chi connectivity index (χ3n) is 4.33. The molecule has 1 amide bonds. The van der Waals surface area contributed by atoms with Crippen LogP contribution in [0.15, 0.2) is 72.9 Å². The number of anilines is 2. The van der Waals surface area contributed by atoms with Crippen LogP contribution >= 0.6 is 0 Å². The van der Waals surface area contributed by atoms with Crippen LogP contribution in [-0.2, 0) is 6.54 Å². The minimum absolute atomic E-state index is 0.0218. The quantitative estimate of drug-likeness (QED) is 0.609. The second kappa shape index (κ2) is 9.55. The van der Waals surface area contributed by atoms with Crippen molar-refractivity contribution in [3.05, 3.63) is 84.1 Å². The van der Waals surface area contributed by atoms with E-state index in [-0.39, 0.29) is 5.91 Å². The molecule has 144 valence electrons. The van der Waals surface area contributed by atoms with Crippen LogP contribution in [0.2, 0.25) is 0 Å². The van der Waals surface area contributed by atoms with Gasteiger partial charge in [-0.1, -0.05) is 30.3 Å². The van der Waals surface area contributed by atoms with Crippen molar-refractivity contribution in [3.8, 4) is 5.75 Å². The van der Waals surface area contributed by atoms with Crippen molar-refractivity contribution in [3.63, 3.8) is 0 Å². The van der Waals surface area contributed by atoms with E-state index in [0.717, 1.165) is 17.0 Å². The fraction of sp³-hybridized carbons (Fsp3) is 0.217. The maximum atomic E-state index is 12.8. The fourth-order valence-electron chi connectivity index (χ4n) is 2.86. The molecular formula is C23H25N3O2. The van der Waals surface area contributed by atoms with Crippen LogP contribution in [0.4, 0.5) is 11.5 Å². The molecule has 0 saturated heterocycles. The van der Waals surface area contributed by atoms with Crippen molar-refractivity contribution >= 4 is 17.4 Å². The van der Waals surface area contributed by atoms with Crippen LogP contribution in [0.3, 0.4) is 0 Å². The Morgan fingerprint density at radius 2 is 1.75 bits per heavy atom. The lowest BCUT2D eigenvalue weighted by Crippen LogP contribution is -2.30. The molecule has 3 aromatic rings. The molecular weight excluding hydrogens is 350 g/mol. The number of amides is 1. The van der Waals surface area contributed by atoms with Gasteiger partial charge in [0.25, 0.3) is 5.91 Å². The summed E-state index contributed by atoms with van der Waals surface area (Å²) in [7, 11) is 0. The number of hydrogen-bond donors (Lipinski definition) is 1. The molecule has 0 aliphatic heterocycles. The summed E-state index contributed by atoms with van der Waals surface area (Å²) in [5.74, 6) is 1.50. The number of nitrogens with zero attached hydrogens (tertiary/aromatic N) is 2. The van der Waals surface area contributed by atoms with Gasteiger partial charge >= 0.3 is 0 Å². The highest BCUT2D eigenvalue weighted by Gasteiger charge is 2.15. The maximum absolute atomic E-state index is 12.8. The first-order chi connectivity index (χ1) is 13.7. The van der Waals surface area contributed by atoms with Crippen LogP contribution in [0.5, 0.6) is 5.75 Å². The summed E-state index contributed by atoms with van der Waals surface area (Å²) in [5, 5.41) is 3.23. The molecule has 0 radical (unpaired) electrons. The number of carbonyl (C=O) groups excluding carboxylic acids is 1. The van der Waals surface area contributed by atoms with Crippen molar-refractivity contribution in [2.24, 2.45) is 0 Å². The molecule has 0 unspecified atom stereocenters. The molecule has 0 fully saturated rings. The molecule has 0 saturated carbocycles. The van der Waals surface area contributed by atoms with Gasteiger partial charge in [0.05, 0.1) is 12.2 Å². The van der Waals surface area contributed by atoms with Crippen molar-refractivity contribution in [1.29, 1.82) is 0 Å². The first-order valence-corrected chi connectivity index (χ1v) is 9.48. The van der Waals surface area contributed by atoms with E-state index < -0.39 is 0 Å². The largest absolute Gasteiger partial charge is 0.494 e. The Labute approximate surface area is 166 Å².